The number of carbonyl (C=O) groups is 1. The van der Waals surface area contributed by atoms with Gasteiger partial charge < -0.3 is 10.6 Å². The van der Waals surface area contributed by atoms with Gasteiger partial charge in [0, 0.05) is 12.6 Å². The van der Waals surface area contributed by atoms with E-state index in [9.17, 15) is 9.18 Å². The molecule has 1 aromatic rings. The van der Waals surface area contributed by atoms with Crippen LogP contribution in [-0.2, 0) is 4.79 Å². The molecule has 3 nitrogen and oxygen atoms in total. The van der Waals surface area contributed by atoms with Crippen molar-refractivity contribution in [1.29, 1.82) is 0 Å². The van der Waals surface area contributed by atoms with Crippen LogP contribution in [0.2, 0.25) is 0 Å². The molecule has 2 N–H and O–H groups in total. The van der Waals surface area contributed by atoms with E-state index in [2.05, 4.69) is 0 Å². The van der Waals surface area contributed by atoms with Crippen molar-refractivity contribution in [3.8, 4) is 0 Å². The van der Waals surface area contributed by atoms with Gasteiger partial charge in [0.15, 0.2) is 0 Å². The van der Waals surface area contributed by atoms with Gasteiger partial charge in [-0.3, -0.25) is 4.79 Å². The Balaban J connectivity index is 2.94. The zero-order chi connectivity index (χ0) is 14.6. The lowest BCUT2D eigenvalue weighted by molar-refractivity contribution is -0.134. The van der Waals surface area contributed by atoms with Gasteiger partial charge in [-0.05, 0) is 19.4 Å². The molecular weight excluding hydrogens is 263 g/mol. The third-order valence-corrected chi connectivity index (χ3v) is 3.62. The normalized spacial score (nSPS) is 13.7. The van der Waals surface area contributed by atoms with Crippen LogP contribution >= 0.6 is 12.2 Å². The molecule has 104 valence electrons. The van der Waals surface area contributed by atoms with E-state index in [-0.39, 0.29) is 22.8 Å². The first-order chi connectivity index (χ1) is 8.90. The highest BCUT2D eigenvalue weighted by Gasteiger charge is 2.27. The van der Waals surface area contributed by atoms with Crippen LogP contribution in [-0.4, -0.2) is 22.8 Å². The van der Waals surface area contributed by atoms with Crippen molar-refractivity contribution in [2.75, 3.05) is 7.05 Å². The van der Waals surface area contributed by atoms with Crippen molar-refractivity contribution in [3.63, 3.8) is 0 Å². The maximum atomic E-state index is 13.7. The first kappa shape index (κ1) is 15.6. The summed E-state index contributed by atoms with van der Waals surface area (Å²) in [6.07, 6.45) is 0.544. The standard InChI is InChI=1S/C14H19FN2OS/c1-4-10(13(16)19)14(18)17(3)9(2)11-7-5-6-8-12(11)15/h5-10H,4H2,1-3H3,(H2,16,19). The monoisotopic (exact) mass is 282 g/mol. The van der Waals surface area contributed by atoms with Crippen LogP contribution < -0.4 is 5.73 Å². The van der Waals surface area contributed by atoms with Crippen LogP contribution in [0.15, 0.2) is 24.3 Å². The number of halogens is 1. The number of nitrogens with zero attached hydrogens (tertiary/aromatic N) is 1. The molecule has 0 saturated carbocycles. The van der Waals surface area contributed by atoms with E-state index in [1.165, 1.54) is 11.0 Å². The largest absolute Gasteiger partial charge is 0.393 e. The average molecular weight is 282 g/mol. The van der Waals surface area contributed by atoms with Crippen molar-refractivity contribution >= 4 is 23.1 Å². The van der Waals surface area contributed by atoms with E-state index >= 15 is 0 Å². The minimum absolute atomic E-state index is 0.175. The van der Waals surface area contributed by atoms with E-state index in [1.807, 2.05) is 6.92 Å². The van der Waals surface area contributed by atoms with E-state index in [4.69, 9.17) is 18.0 Å². The molecule has 0 radical (unpaired) electrons. The lowest BCUT2D eigenvalue weighted by Gasteiger charge is -2.28. The third kappa shape index (κ3) is 3.50. The third-order valence-electron chi connectivity index (χ3n) is 3.33. The second-order valence-electron chi connectivity index (χ2n) is 4.51. The van der Waals surface area contributed by atoms with Crippen LogP contribution in [0.3, 0.4) is 0 Å². The zero-order valence-electron chi connectivity index (χ0n) is 11.4. The summed E-state index contributed by atoms with van der Waals surface area (Å²) in [6.45, 7) is 3.63. The number of hydrogen-bond donors (Lipinski definition) is 1. The summed E-state index contributed by atoms with van der Waals surface area (Å²) in [7, 11) is 1.64. The molecule has 19 heavy (non-hydrogen) atoms. The average Bonchev–Trinajstić information content (AvgIpc) is 2.37. The highest BCUT2D eigenvalue weighted by atomic mass is 32.1. The van der Waals surface area contributed by atoms with Crippen molar-refractivity contribution in [2.24, 2.45) is 11.7 Å². The molecule has 0 aliphatic heterocycles. The van der Waals surface area contributed by atoms with Gasteiger partial charge in [-0.1, -0.05) is 37.3 Å². The summed E-state index contributed by atoms with van der Waals surface area (Å²) in [4.78, 5) is 14.0. The second-order valence-corrected chi connectivity index (χ2v) is 4.98. The smallest absolute Gasteiger partial charge is 0.232 e. The minimum Gasteiger partial charge on any atom is -0.393 e. The summed E-state index contributed by atoms with van der Waals surface area (Å²) in [5, 5.41) is 0. The fourth-order valence-corrected chi connectivity index (χ4v) is 2.22. The molecule has 0 aromatic heterocycles. The Morgan fingerprint density at radius 2 is 2.05 bits per heavy atom. The van der Waals surface area contributed by atoms with Gasteiger partial charge in [-0.15, -0.1) is 0 Å². The second kappa shape index (κ2) is 6.61. The fraction of sp³-hybridized carbons (Fsp3) is 0.429. The van der Waals surface area contributed by atoms with Crippen LogP contribution in [0.1, 0.15) is 31.9 Å². The Kier molecular flexibility index (Phi) is 5.42. The van der Waals surface area contributed by atoms with Gasteiger partial charge in [0.25, 0.3) is 0 Å². The molecule has 0 bridgehead atoms. The minimum atomic E-state index is -0.491. The van der Waals surface area contributed by atoms with Crippen LogP contribution in [0, 0.1) is 11.7 Å². The van der Waals surface area contributed by atoms with Gasteiger partial charge in [-0.25, -0.2) is 4.39 Å². The van der Waals surface area contributed by atoms with E-state index < -0.39 is 5.92 Å². The molecule has 1 aromatic carbocycles. The summed E-state index contributed by atoms with van der Waals surface area (Å²) in [5.41, 5.74) is 6.05. The molecule has 0 saturated heterocycles. The number of benzene rings is 1. The summed E-state index contributed by atoms with van der Waals surface area (Å²) < 4.78 is 13.7. The number of rotatable bonds is 5. The Labute approximate surface area is 118 Å². The van der Waals surface area contributed by atoms with E-state index in [1.54, 1.807) is 32.2 Å². The molecule has 0 fully saturated rings. The van der Waals surface area contributed by atoms with Crippen LogP contribution in [0.25, 0.3) is 0 Å². The summed E-state index contributed by atoms with van der Waals surface area (Å²) in [6, 6.07) is 6.06. The van der Waals surface area contributed by atoms with Crippen LogP contribution in [0.4, 0.5) is 4.39 Å². The van der Waals surface area contributed by atoms with E-state index in [0.29, 0.717) is 12.0 Å². The number of carbonyl (C=O) groups excluding carboxylic acids is 1. The number of amides is 1. The Bertz CT molecular complexity index is 478. The van der Waals surface area contributed by atoms with Crippen molar-refractivity contribution in [3.05, 3.63) is 35.6 Å². The van der Waals surface area contributed by atoms with Gasteiger partial charge >= 0.3 is 0 Å². The quantitative estimate of drug-likeness (QED) is 0.845. The predicted molar refractivity (Wildman–Crippen MR) is 78.2 cm³/mol. The number of nitrogens with two attached hydrogens (primary N) is 1. The highest BCUT2D eigenvalue weighted by Crippen LogP contribution is 2.23. The lowest BCUT2D eigenvalue weighted by atomic mass is 10.0. The molecule has 0 aliphatic rings. The maximum absolute atomic E-state index is 13.7. The highest BCUT2D eigenvalue weighted by molar-refractivity contribution is 7.80. The molecule has 0 aliphatic carbocycles. The lowest BCUT2D eigenvalue weighted by Crippen LogP contribution is -2.40. The fourth-order valence-electron chi connectivity index (χ4n) is 1.96. The first-order valence-electron chi connectivity index (χ1n) is 6.20. The Morgan fingerprint density at radius 3 is 2.53 bits per heavy atom. The predicted octanol–water partition coefficient (Wildman–Crippen LogP) is 2.66. The van der Waals surface area contributed by atoms with Crippen molar-refractivity contribution in [2.45, 2.75) is 26.3 Å². The van der Waals surface area contributed by atoms with Gasteiger partial charge in [0.1, 0.15) is 5.82 Å². The van der Waals surface area contributed by atoms with Gasteiger partial charge in [-0.2, -0.15) is 0 Å². The molecule has 0 heterocycles. The molecule has 1 rings (SSSR count). The molecule has 2 unspecified atom stereocenters. The molecule has 5 heteroatoms. The summed E-state index contributed by atoms with van der Waals surface area (Å²) >= 11 is 4.90. The maximum Gasteiger partial charge on any atom is 0.232 e. The number of hydrogen-bond acceptors (Lipinski definition) is 2. The molecule has 1 amide bonds. The number of thiocarbonyl (C=S) groups is 1. The van der Waals surface area contributed by atoms with Crippen molar-refractivity contribution < 1.29 is 9.18 Å². The molecule has 0 spiro atoms. The van der Waals surface area contributed by atoms with Crippen molar-refractivity contribution in [1.82, 2.24) is 4.90 Å². The topological polar surface area (TPSA) is 46.3 Å². The zero-order valence-corrected chi connectivity index (χ0v) is 12.2. The van der Waals surface area contributed by atoms with Gasteiger partial charge in [0.2, 0.25) is 5.91 Å². The Morgan fingerprint density at radius 1 is 1.47 bits per heavy atom. The first-order valence-corrected chi connectivity index (χ1v) is 6.61. The Hall–Kier alpha value is -1.49. The van der Waals surface area contributed by atoms with Crippen LogP contribution in [0.5, 0.6) is 0 Å². The molecular formula is C14H19FN2OS. The molecule has 2 atom stereocenters. The van der Waals surface area contributed by atoms with Gasteiger partial charge in [0.05, 0.1) is 16.9 Å². The SMILES string of the molecule is CCC(C(=O)N(C)C(C)c1ccccc1F)C(N)=S. The van der Waals surface area contributed by atoms with E-state index in [0.717, 1.165) is 0 Å². The summed E-state index contributed by atoms with van der Waals surface area (Å²) in [5.74, 6) is -0.988.